The molecule has 0 saturated carbocycles. The van der Waals surface area contributed by atoms with Crippen molar-refractivity contribution in [2.45, 2.75) is 73.8 Å². The molecule has 3 aliphatic rings. The van der Waals surface area contributed by atoms with Crippen LogP contribution in [0.25, 0.3) is 0 Å². The summed E-state index contributed by atoms with van der Waals surface area (Å²) in [4.78, 5) is 0. The predicted octanol–water partition coefficient (Wildman–Crippen LogP) is -5.66. The van der Waals surface area contributed by atoms with Crippen molar-refractivity contribution in [3.8, 4) is 0 Å². The maximum atomic E-state index is 10.2. The van der Waals surface area contributed by atoms with Gasteiger partial charge in [-0.05, 0) is 0 Å². The van der Waals surface area contributed by atoms with Crippen LogP contribution in [0.1, 0.15) is 0 Å². The normalized spacial score (nSPS) is 52.3. The molecule has 12 atom stereocenters. The second kappa shape index (κ2) is 9.09. The van der Waals surface area contributed by atoms with Gasteiger partial charge in [0.2, 0.25) is 0 Å². The van der Waals surface area contributed by atoms with E-state index >= 15 is 0 Å². The highest BCUT2D eigenvalue weighted by atomic mass is 16.8. The Morgan fingerprint density at radius 3 is 1.57 bits per heavy atom. The van der Waals surface area contributed by atoms with Gasteiger partial charge >= 0.3 is 0 Å². The summed E-state index contributed by atoms with van der Waals surface area (Å²) < 4.78 is 26.3. The molecule has 8 N–H and O–H groups in total. The van der Waals surface area contributed by atoms with Crippen molar-refractivity contribution in [3.05, 3.63) is 0 Å². The van der Waals surface area contributed by atoms with Crippen molar-refractivity contribution >= 4 is 0 Å². The van der Waals surface area contributed by atoms with Gasteiger partial charge in [-0.1, -0.05) is 0 Å². The molecule has 0 bridgehead atoms. The maximum absolute atomic E-state index is 10.2. The van der Waals surface area contributed by atoms with Gasteiger partial charge in [0.1, 0.15) is 54.9 Å². The van der Waals surface area contributed by atoms with E-state index in [0.29, 0.717) is 0 Å². The number of aliphatic hydroxyl groups is 8. The van der Waals surface area contributed by atoms with E-state index in [1.807, 2.05) is 0 Å². The van der Waals surface area contributed by atoms with E-state index in [0.717, 1.165) is 0 Å². The van der Waals surface area contributed by atoms with E-state index < -0.39 is 87.0 Å². The van der Waals surface area contributed by atoms with Crippen LogP contribution in [-0.2, 0) is 23.7 Å². The molecule has 13 nitrogen and oxygen atoms in total. The van der Waals surface area contributed by atoms with Crippen molar-refractivity contribution < 1.29 is 64.5 Å². The molecule has 0 aliphatic carbocycles. The second-order valence-corrected chi connectivity index (χ2v) is 6.91. The first-order valence-electron chi connectivity index (χ1n) is 8.82. The van der Waals surface area contributed by atoms with Crippen LogP contribution in [0.3, 0.4) is 0 Å². The lowest BCUT2D eigenvalue weighted by atomic mass is 10.0. The molecule has 1 unspecified atom stereocenters. The molecule has 0 aromatic heterocycles. The zero-order chi connectivity index (χ0) is 20.6. The molecule has 3 rings (SSSR count). The quantitative estimate of drug-likeness (QED) is 0.204. The second-order valence-electron chi connectivity index (χ2n) is 6.91. The summed E-state index contributed by atoms with van der Waals surface area (Å²) >= 11 is 0. The van der Waals surface area contributed by atoms with Gasteiger partial charge in [-0.2, -0.15) is 0 Å². The van der Waals surface area contributed by atoms with Crippen LogP contribution in [0.15, 0.2) is 0 Å². The standard InChI is InChI=1S/C15H26O13/c16-1-5-7(19)9(21)14(25-5)27-11-4(18)3-24-13(23)12(11)28-15-10(22)8(20)6(2-17)26-15/h4-23H,1-3H2/t4-,5+,6+,7+,8+,9-,10-,11+,12-,13?,14+,15+/m1/s1. The van der Waals surface area contributed by atoms with Crippen LogP contribution in [0, 0.1) is 0 Å². The Morgan fingerprint density at radius 2 is 1.14 bits per heavy atom. The molecule has 164 valence electrons. The third-order valence-corrected chi connectivity index (χ3v) is 5.00. The summed E-state index contributed by atoms with van der Waals surface area (Å²) in [5, 5.41) is 78.2. The third kappa shape index (κ3) is 4.17. The maximum Gasteiger partial charge on any atom is 0.187 e. The SMILES string of the molecule is OC[C@@H]1O[C@@H](O[C@H]2[C@H](O)COC(O)[C@@H]2O[C@@H]2O[C@@H](CO)[C@H](O)[C@H]2O)[C@H](O)[C@H]1O. The zero-order valence-electron chi connectivity index (χ0n) is 14.7. The predicted molar refractivity (Wildman–Crippen MR) is 83.2 cm³/mol. The van der Waals surface area contributed by atoms with Gasteiger partial charge in [-0.25, -0.2) is 0 Å². The highest BCUT2D eigenvalue weighted by Crippen LogP contribution is 2.31. The fourth-order valence-corrected chi connectivity index (χ4v) is 3.35. The molecule has 3 heterocycles. The minimum atomic E-state index is -1.63. The minimum absolute atomic E-state index is 0.351. The first-order chi connectivity index (χ1) is 13.3. The van der Waals surface area contributed by atoms with E-state index in [9.17, 15) is 30.6 Å². The molecule has 28 heavy (non-hydrogen) atoms. The number of ether oxygens (including phenoxy) is 5. The van der Waals surface area contributed by atoms with Crippen LogP contribution in [0.2, 0.25) is 0 Å². The van der Waals surface area contributed by atoms with E-state index in [1.54, 1.807) is 0 Å². The molecule has 0 radical (unpaired) electrons. The number of hydrogen-bond donors (Lipinski definition) is 8. The van der Waals surface area contributed by atoms with E-state index in [1.165, 1.54) is 0 Å². The van der Waals surface area contributed by atoms with Crippen LogP contribution in [-0.4, -0.2) is 134 Å². The lowest BCUT2D eigenvalue weighted by Crippen LogP contribution is -2.58. The molecule has 0 aromatic carbocycles. The van der Waals surface area contributed by atoms with Crippen molar-refractivity contribution in [2.75, 3.05) is 19.8 Å². The summed E-state index contributed by atoms with van der Waals surface area (Å²) in [5.74, 6) is 0. The van der Waals surface area contributed by atoms with Gasteiger partial charge in [0.05, 0.1) is 19.8 Å². The van der Waals surface area contributed by atoms with Crippen LogP contribution in [0.4, 0.5) is 0 Å². The van der Waals surface area contributed by atoms with Crippen molar-refractivity contribution in [3.63, 3.8) is 0 Å². The Labute approximate surface area is 159 Å². The highest BCUT2D eigenvalue weighted by Gasteiger charge is 2.51. The van der Waals surface area contributed by atoms with Gasteiger partial charge in [0.25, 0.3) is 0 Å². The Morgan fingerprint density at radius 1 is 0.679 bits per heavy atom. The molecule has 0 spiro atoms. The number of hydrogen-bond acceptors (Lipinski definition) is 13. The Kier molecular flexibility index (Phi) is 7.20. The lowest BCUT2D eigenvalue weighted by molar-refractivity contribution is -0.334. The fraction of sp³-hybridized carbons (Fsp3) is 1.00. The summed E-state index contributed by atoms with van der Waals surface area (Å²) in [5.41, 5.74) is 0. The molecule has 3 aliphatic heterocycles. The van der Waals surface area contributed by atoms with E-state index in [4.69, 9.17) is 33.9 Å². The Hall–Kier alpha value is -0.520. The minimum Gasteiger partial charge on any atom is -0.394 e. The first-order valence-corrected chi connectivity index (χ1v) is 8.82. The van der Waals surface area contributed by atoms with Crippen LogP contribution in [0.5, 0.6) is 0 Å². The monoisotopic (exact) mass is 414 g/mol. The summed E-state index contributed by atoms with van der Waals surface area (Å²) in [6.07, 6.45) is -16.9. The average molecular weight is 414 g/mol. The zero-order valence-corrected chi connectivity index (χ0v) is 14.7. The molecule has 3 saturated heterocycles. The van der Waals surface area contributed by atoms with Gasteiger partial charge in [0, 0.05) is 0 Å². The largest absolute Gasteiger partial charge is 0.394 e. The highest BCUT2D eigenvalue weighted by molar-refractivity contribution is 4.93. The van der Waals surface area contributed by atoms with Gasteiger partial charge in [0.15, 0.2) is 18.9 Å². The number of aliphatic hydroxyl groups excluding tert-OH is 8. The van der Waals surface area contributed by atoms with Crippen molar-refractivity contribution in [1.29, 1.82) is 0 Å². The molecule has 0 aromatic rings. The van der Waals surface area contributed by atoms with Gasteiger partial charge in [-0.3, -0.25) is 0 Å². The first kappa shape index (κ1) is 22.2. The number of rotatable bonds is 6. The molecular weight excluding hydrogens is 388 g/mol. The smallest absolute Gasteiger partial charge is 0.187 e. The summed E-state index contributed by atoms with van der Waals surface area (Å²) in [6, 6.07) is 0. The van der Waals surface area contributed by atoms with Crippen molar-refractivity contribution in [2.24, 2.45) is 0 Å². The average Bonchev–Trinajstić information content (AvgIpc) is 3.11. The fourth-order valence-electron chi connectivity index (χ4n) is 3.35. The van der Waals surface area contributed by atoms with Gasteiger partial charge < -0.3 is 64.5 Å². The third-order valence-electron chi connectivity index (χ3n) is 5.00. The topological polar surface area (TPSA) is 208 Å². The Balaban J connectivity index is 1.71. The van der Waals surface area contributed by atoms with E-state index in [2.05, 4.69) is 0 Å². The summed E-state index contributed by atoms with van der Waals surface area (Å²) in [7, 11) is 0. The molecule has 0 amide bonds. The van der Waals surface area contributed by atoms with Crippen molar-refractivity contribution in [1.82, 2.24) is 0 Å². The molecular formula is C15H26O13. The van der Waals surface area contributed by atoms with Crippen LogP contribution < -0.4 is 0 Å². The Bertz CT molecular complexity index is 464. The van der Waals surface area contributed by atoms with E-state index in [-0.39, 0.29) is 6.61 Å². The van der Waals surface area contributed by atoms with Crippen LogP contribution >= 0.6 is 0 Å². The van der Waals surface area contributed by atoms with Gasteiger partial charge in [-0.15, -0.1) is 0 Å². The lowest BCUT2D eigenvalue weighted by Gasteiger charge is -2.40. The molecule has 13 heteroatoms. The summed E-state index contributed by atoms with van der Waals surface area (Å²) in [6.45, 7) is -1.52. The molecule has 3 fully saturated rings.